The molecular formula is C22H34N4O5S. The van der Waals surface area contributed by atoms with Gasteiger partial charge in [-0.3, -0.25) is 14.4 Å². The highest BCUT2D eigenvalue weighted by molar-refractivity contribution is 7.81. The molecule has 178 valence electrons. The summed E-state index contributed by atoms with van der Waals surface area (Å²) in [5, 5.41) is 17.3. The number of hydrogen-bond acceptors (Lipinski definition) is 6. The second-order valence-electron chi connectivity index (χ2n) is 8.27. The number of aliphatic carboxylic acids is 1. The van der Waals surface area contributed by atoms with E-state index in [0.717, 1.165) is 5.56 Å². The van der Waals surface area contributed by atoms with Crippen LogP contribution in [0, 0.1) is 0 Å². The van der Waals surface area contributed by atoms with E-state index >= 15 is 0 Å². The summed E-state index contributed by atoms with van der Waals surface area (Å²) in [6.45, 7) is 5.22. The topological polar surface area (TPSA) is 151 Å². The number of carbonyl (C=O) groups excluding carboxylic acids is 3. The Morgan fingerprint density at radius 1 is 1.06 bits per heavy atom. The van der Waals surface area contributed by atoms with Crippen molar-refractivity contribution >= 4 is 36.3 Å². The Morgan fingerprint density at radius 2 is 1.69 bits per heavy atom. The third-order valence-electron chi connectivity index (χ3n) is 4.81. The minimum Gasteiger partial charge on any atom is -0.480 e. The van der Waals surface area contributed by atoms with Crippen LogP contribution in [0.25, 0.3) is 0 Å². The van der Waals surface area contributed by atoms with E-state index in [1.165, 1.54) is 6.92 Å². The normalized spacial score (nSPS) is 14.0. The molecule has 1 rings (SSSR count). The van der Waals surface area contributed by atoms with Gasteiger partial charge in [-0.1, -0.05) is 30.3 Å². The van der Waals surface area contributed by atoms with Crippen molar-refractivity contribution in [1.29, 1.82) is 0 Å². The van der Waals surface area contributed by atoms with Gasteiger partial charge in [0.15, 0.2) is 0 Å². The summed E-state index contributed by atoms with van der Waals surface area (Å²) in [5.41, 5.74) is 6.71. The summed E-state index contributed by atoms with van der Waals surface area (Å²) in [6.07, 6.45) is 1.76. The van der Waals surface area contributed by atoms with Crippen molar-refractivity contribution in [3.8, 4) is 0 Å². The molecule has 6 N–H and O–H groups in total. The van der Waals surface area contributed by atoms with Crippen LogP contribution in [0.15, 0.2) is 30.3 Å². The third kappa shape index (κ3) is 10.1. The predicted octanol–water partition coefficient (Wildman–Crippen LogP) is 0.625. The number of nitrogens with one attached hydrogen (secondary N) is 3. The summed E-state index contributed by atoms with van der Waals surface area (Å²) in [7, 11) is 0. The first-order valence-electron chi connectivity index (χ1n) is 10.5. The molecule has 0 aliphatic carbocycles. The van der Waals surface area contributed by atoms with Crippen molar-refractivity contribution in [2.45, 2.75) is 69.3 Å². The van der Waals surface area contributed by atoms with E-state index in [4.69, 9.17) is 5.73 Å². The van der Waals surface area contributed by atoms with Crippen molar-refractivity contribution in [1.82, 2.24) is 16.0 Å². The van der Waals surface area contributed by atoms with E-state index in [1.807, 2.05) is 6.07 Å². The number of carboxylic acid groups (broad SMARTS) is 1. The SMILES string of the molecule is CC(=O)NCCCC[C@H](N)C(=O)N[C@H](C(=O)N[C@@H](Cc1ccccc1)C(=O)O)C(C)(C)S. The molecule has 3 atom stereocenters. The van der Waals surface area contributed by atoms with Crippen LogP contribution in [0.5, 0.6) is 0 Å². The lowest BCUT2D eigenvalue weighted by Gasteiger charge is -2.31. The van der Waals surface area contributed by atoms with Gasteiger partial charge >= 0.3 is 5.97 Å². The van der Waals surface area contributed by atoms with Crippen LogP contribution in [-0.4, -0.2) is 58.2 Å². The third-order valence-corrected chi connectivity index (χ3v) is 5.06. The van der Waals surface area contributed by atoms with E-state index in [-0.39, 0.29) is 12.3 Å². The van der Waals surface area contributed by atoms with Gasteiger partial charge in [-0.15, -0.1) is 0 Å². The smallest absolute Gasteiger partial charge is 0.326 e. The number of hydrogen-bond donors (Lipinski definition) is 6. The molecule has 0 aliphatic rings. The summed E-state index contributed by atoms with van der Waals surface area (Å²) in [4.78, 5) is 48.0. The number of benzene rings is 1. The maximum Gasteiger partial charge on any atom is 0.326 e. The van der Waals surface area contributed by atoms with Gasteiger partial charge in [0, 0.05) is 24.6 Å². The lowest BCUT2D eigenvalue weighted by atomic mass is 9.99. The fraction of sp³-hybridized carbons (Fsp3) is 0.545. The van der Waals surface area contributed by atoms with Crippen LogP contribution in [-0.2, 0) is 25.6 Å². The molecule has 0 unspecified atom stereocenters. The number of amides is 3. The van der Waals surface area contributed by atoms with Crippen molar-refractivity contribution < 1.29 is 24.3 Å². The summed E-state index contributed by atoms with van der Waals surface area (Å²) >= 11 is 4.42. The molecule has 0 saturated heterocycles. The predicted molar refractivity (Wildman–Crippen MR) is 125 cm³/mol. The molecule has 0 bridgehead atoms. The van der Waals surface area contributed by atoms with E-state index in [9.17, 15) is 24.3 Å². The Balaban J connectivity index is 2.73. The minimum atomic E-state index is -1.18. The molecule has 0 heterocycles. The lowest BCUT2D eigenvalue weighted by Crippen LogP contribution is -2.60. The highest BCUT2D eigenvalue weighted by atomic mass is 32.1. The van der Waals surface area contributed by atoms with E-state index < -0.39 is 40.7 Å². The number of unbranched alkanes of at least 4 members (excludes halogenated alkanes) is 1. The van der Waals surface area contributed by atoms with Crippen molar-refractivity contribution in [3.63, 3.8) is 0 Å². The van der Waals surface area contributed by atoms with Gasteiger partial charge in [0.05, 0.1) is 6.04 Å². The van der Waals surface area contributed by atoms with Crippen LogP contribution in [0.1, 0.15) is 45.6 Å². The number of carboxylic acids is 1. The Morgan fingerprint density at radius 3 is 2.22 bits per heavy atom. The van der Waals surface area contributed by atoms with E-state index in [1.54, 1.807) is 38.1 Å². The molecule has 3 amide bonds. The molecule has 0 radical (unpaired) electrons. The van der Waals surface area contributed by atoms with Crippen LogP contribution >= 0.6 is 12.6 Å². The van der Waals surface area contributed by atoms with Crippen LogP contribution < -0.4 is 21.7 Å². The molecule has 32 heavy (non-hydrogen) atoms. The molecule has 10 heteroatoms. The first-order valence-corrected chi connectivity index (χ1v) is 11.0. The van der Waals surface area contributed by atoms with Gasteiger partial charge in [-0.05, 0) is 38.7 Å². The molecule has 1 aromatic carbocycles. The zero-order valence-electron chi connectivity index (χ0n) is 18.8. The highest BCUT2D eigenvalue weighted by Crippen LogP contribution is 2.19. The quantitative estimate of drug-likeness (QED) is 0.185. The van der Waals surface area contributed by atoms with Crippen LogP contribution in [0.2, 0.25) is 0 Å². The van der Waals surface area contributed by atoms with Crippen LogP contribution in [0.4, 0.5) is 0 Å². The summed E-state index contributed by atoms with van der Waals surface area (Å²) in [5.74, 6) is -2.48. The Kier molecular flexibility index (Phi) is 11.2. The number of nitrogens with two attached hydrogens (primary N) is 1. The Labute approximate surface area is 194 Å². The molecule has 0 spiro atoms. The highest BCUT2D eigenvalue weighted by Gasteiger charge is 2.36. The number of thiol groups is 1. The summed E-state index contributed by atoms with van der Waals surface area (Å²) in [6, 6.07) is 5.82. The van der Waals surface area contributed by atoms with Crippen molar-refractivity contribution in [2.75, 3.05) is 6.54 Å². The van der Waals surface area contributed by atoms with Gasteiger partial charge in [0.1, 0.15) is 12.1 Å². The van der Waals surface area contributed by atoms with Gasteiger partial charge in [-0.2, -0.15) is 12.6 Å². The van der Waals surface area contributed by atoms with Gasteiger partial charge < -0.3 is 26.8 Å². The van der Waals surface area contributed by atoms with Gasteiger partial charge in [-0.25, -0.2) is 4.79 Å². The minimum absolute atomic E-state index is 0.101. The fourth-order valence-electron chi connectivity index (χ4n) is 3.00. The maximum absolute atomic E-state index is 12.9. The standard InChI is InChI=1S/C22H34N4O5S/c1-14(27)24-12-8-7-11-16(23)19(28)26-18(22(2,3)32)20(29)25-17(21(30)31)13-15-9-5-4-6-10-15/h4-6,9-10,16-18,32H,7-8,11-13,23H2,1-3H3,(H,24,27)(H,25,29)(H,26,28)(H,30,31)/t16-,17-,18+/m0/s1. The van der Waals surface area contributed by atoms with Crippen molar-refractivity contribution in [2.24, 2.45) is 5.73 Å². The summed E-state index contributed by atoms with van der Waals surface area (Å²) < 4.78 is -0.972. The van der Waals surface area contributed by atoms with E-state index in [0.29, 0.717) is 25.8 Å². The first kappa shape index (κ1) is 27.4. The van der Waals surface area contributed by atoms with Gasteiger partial charge in [0.25, 0.3) is 0 Å². The van der Waals surface area contributed by atoms with Crippen molar-refractivity contribution in [3.05, 3.63) is 35.9 Å². The first-order chi connectivity index (χ1) is 14.9. The molecular weight excluding hydrogens is 432 g/mol. The molecule has 0 aliphatic heterocycles. The number of carbonyl (C=O) groups is 4. The largest absolute Gasteiger partial charge is 0.480 e. The molecule has 9 nitrogen and oxygen atoms in total. The molecule has 1 aromatic rings. The molecule has 0 saturated carbocycles. The second-order valence-corrected chi connectivity index (χ2v) is 9.42. The Bertz CT molecular complexity index is 782. The molecule has 0 fully saturated rings. The molecule has 0 aromatic heterocycles. The fourth-order valence-corrected chi connectivity index (χ4v) is 3.18. The average Bonchev–Trinajstić information content (AvgIpc) is 2.70. The second kappa shape index (κ2) is 13.1. The lowest BCUT2D eigenvalue weighted by molar-refractivity contribution is -0.142. The zero-order chi connectivity index (χ0) is 24.3. The van der Waals surface area contributed by atoms with Gasteiger partial charge in [0.2, 0.25) is 17.7 Å². The monoisotopic (exact) mass is 466 g/mol. The Hall–Kier alpha value is -2.59. The van der Waals surface area contributed by atoms with E-state index in [2.05, 4.69) is 28.6 Å². The zero-order valence-corrected chi connectivity index (χ0v) is 19.7. The van der Waals surface area contributed by atoms with Crippen LogP contribution in [0.3, 0.4) is 0 Å². The maximum atomic E-state index is 12.9. The average molecular weight is 467 g/mol. The number of rotatable bonds is 13.